The molecule has 3 rings (SSSR count). The Bertz CT molecular complexity index is 1310. The Hall–Kier alpha value is -4.26. The van der Waals surface area contributed by atoms with E-state index in [0.29, 0.717) is 47.0 Å². The Morgan fingerprint density at radius 1 is 1.13 bits per heavy atom. The Balaban J connectivity index is 1.76. The molecule has 1 aromatic heterocycles. The molecule has 198 valence electrons. The smallest absolute Gasteiger partial charge is 0.412 e. The number of amides is 2. The van der Waals surface area contributed by atoms with Gasteiger partial charge in [-0.15, -0.1) is 0 Å². The highest BCUT2D eigenvalue weighted by Crippen LogP contribution is 2.32. The number of nitrogens with one attached hydrogen (secondary N) is 2. The second kappa shape index (κ2) is 12.8. The van der Waals surface area contributed by atoms with E-state index in [0.717, 1.165) is 18.7 Å². The fraction of sp³-hybridized carbons (Fsp3) is 0.310. The van der Waals surface area contributed by atoms with Crippen molar-refractivity contribution < 1.29 is 19.4 Å². The molecule has 0 saturated heterocycles. The minimum absolute atomic E-state index is 0.364. The predicted molar refractivity (Wildman–Crippen MR) is 147 cm³/mol. The first kappa shape index (κ1) is 28.3. The molecule has 1 heterocycles. The monoisotopic (exact) mass is 515 g/mol. The average Bonchev–Trinajstić information content (AvgIpc) is 2.88. The van der Waals surface area contributed by atoms with Crippen molar-refractivity contribution in [1.82, 2.24) is 10.3 Å². The molecule has 0 fully saturated rings. The second-order valence-corrected chi connectivity index (χ2v) is 9.60. The van der Waals surface area contributed by atoms with Crippen molar-refractivity contribution in [2.45, 2.75) is 39.8 Å². The van der Waals surface area contributed by atoms with Crippen LogP contribution in [0.2, 0.25) is 0 Å². The van der Waals surface area contributed by atoms with Crippen LogP contribution in [0.3, 0.4) is 0 Å². The first-order chi connectivity index (χ1) is 18.2. The summed E-state index contributed by atoms with van der Waals surface area (Å²) in [5.74, 6) is -0.387. The van der Waals surface area contributed by atoms with Crippen LogP contribution >= 0.6 is 0 Å². The maximum absolute atomic E-state index is 13.0. The third-order valence-electron chi connectivity index (χ3n) is 5.68. The third-order valence-corrected chi connectivity index (χ3v) is 5.68. The maximum Gasteiger partial charge on any atom is 0.412 e. The van der Waals surface area contributed by atoms with E-state index in [4.69, 9.17) is 4.74 Å². The normalized spacial score (nSPS) is 11.0. The van der Waals surface area contributed by atoms with Crippen molar-refractivity contribution in [1.29, 1.82) is 5.26 Å². The van der Waals surface area contributed by atoms with Gasteiger partial charge < -0.3 is 20.5 Å². The number of aromatic nitrogens is 1. The first-order valence-corrected chi connectivity index (χ1v) is 12.4. The number of hydrogen-bond donors (Lipinski definition) is 3. The first-order valence-electron chi connectivity index (χ1n) is 12.4. The highest BCUT2D eigenvalue weighted by molar-refractivity contribution is 6.07. The Morgan fingerprint density at radius 2 is 1.84 bits per heavy atom. The topological polar surface area (TPSA) is 128 Å². The van der Waals surface area contributed by atoms with E-state index in [1.54, 1.807) is 81.6 Å². The highest BCUT2D eigenvalue weighted by Gasteiger charge is 2.30. The molecular weight excluding hydrogens is 482 g/mol. The van der Waals surface area contributed by atoms with Crippen LogP contribution in [-0.2, 0) is 11.3 Å². The summed E-state index contributed by atoms with van der Waals surface area (Å²) >= 11 is 0. The fourth-order valence-corrected chi connectivity index (χ4v) is 3.91. The van der Waals surface area contributed by atoms with Gasteiger partial charge >= 0.3 is 6.09 Å². The number of carboxylic acid groups (broad SMARTS) is 1. The number of ether oxygens (including phenoxy) is 1. The molecule has 3 aromatic rings. The standard InChI is InChI=1S/C29H33N5O4/c1-5-31-14-15-38-19-20-16-23(17-30)26(32-18-20)21-10-12-22(13-11-21)27(35)33-24-8-6-7-9-25(24)34(28(36)37)29(2,3)4/h6-13,16,18,31H,5,14-15,19H2,1-4H3,(H,33,35)(H,36,37). The minimum Gasteiger partial charge on any atom is -0.465 e. The molecule has 0 aliphatic rings. The molecule has 38 heavy (non-hydrogen) atoms. The van der Waals surface area contributed by atoms with Crippen molar-refractivity contribution in [3.63, 3.8) is 0 Å². The summed E-state index contributed by atoms with van der Waals surface area (Å²) in [7, 11) is 0. The molecule has 0 bridgehead atoms. The van der Waals surface area contributed by atoms with E-state index in [1.807, 2.05) is 6.92 Å². The van der Waals surface area contributed by atoms with Crippen LogP contribution in [0.1, 0.15) is 49.2 Å². The Morgan fingerprint density at radius 3 is 2.47 bits per heavy atom. The zero-order valence-corrected chi connectivity index (χ0v) is 22.1. The van der Waals surface area contributed by atoms with Crippen molar-refractivity contribution in [3.8, 4) is 17.3 Å². The molecule has 0 atom stereocenters. The molecule has 0 aliphatic heterocycles. The number of para-hydroxylation sites is 2. The maximum atomic E-state index is 13.0. The number of nitrogens with zero attached hydrogens (tertiary/aromatic N) is 3. The largest absolute Gasteiger partial charge is 0.465 e. The number of rotatable bonds is 10. The van der Waals surface area contributed by atoms with Gasteiger partial charge in [0.1, 0.15) is 6.07 Å². The lowest BCUT2D eigenvalue weighted by Gasteiger charge is -2.34. The lowest BCUT2D eigenvalue weighted by atomic mass is 10.0. The quantitative estimate of drug-likeness (QED) is 0.313. The molecule has 0 spiro atoms. The summed E-state index contributed by atoms with van der Waals surface area (Å²) in [5.41, 5.74) is 2.87. The molecule has 2 aromatic carbocycles. The van der Waals surface area contributed by atoms with Crippen LogP contribution in [0.5, 0.6) is 0 Å². The molecule has 2 amide bonds. The number of pyridine rings is 1. The number of benzene rings is 2. The van der Waals surface area contributed by atoms with Crippen LogP contribution in [0, 0.1) is 11.3 Å². The van der Waals surface area contributed by atoms with E-state index < -0.39 is 11.6 Å². The lowest BCUT2D eigenvalue weighted by Crippen LogP contribution is -2.45. The third kappa shape index (κ3) is 7.16. The summed E-state index contributed by atoms with van der Waals surface area (Å²) in [4.78, 5) is 30.7. The van der Waals surface area contributed by atoms with Gasteiger partial charge in [-0.1, -0.05) is 31.2 Å². The average molecular weight is 516 g/mol. The molecule has 0 aliphatic carbocycles. The van der Waals surface area contributed by atoms with Gasteiger partial charge in [-0.25, -0.2) is 4.79 Å². The van der Waals surface area contributed by atoms with Crippen molar-refractivity contribution in [2.75, 3.05) is 29.9 Å². The predicted octanol–water partition coefficient (Wildman–Crippen LogP) is 5.28. The van der Waals surface area contributed by atoms with E-state index >= 15 is 0 Å². The van der Waals surface area contributed by atoms with Crippen LogP contribution in [0.4, 0.5) is 16.2 Å². The molecule has 9 heteroatoms. The van der Waals surface area contributed by atoms with Crippen LogP contribution in [0.15, 0.2) is 60.8 Å². The van der Waals surface area contributed by atoms with Gasteiger partial charge in [-0.05, 0) is 63.2 Å². The summed E-state index contributed by atoms with van der Waals surface area (Å²) in [6.07, 6.45) is 0.570. The van der Waals surface area contributed by atoms with E-state index in [1.165, 1.54) is 4.90 Å². The number of anilines is 2. The van der Waals surface area contributed by atoms with Crippen LogP contribution in [0.25, 0.3) is 11.3 Å². The highest BCUT2D eigenvalue weighted by atomic mass is 16.5. The van der Waals surface area contributed by atoms with E-state index in [-0.39, 0.29) is 5.91 Å². The molecule has 0 radical (unpaired) electrons. The van der Waals surface area contributed by atoms with E-state index in [2.05, 4.69) is 21.7 Å². The van der Waals surface area contributed by atoms with Gasteiger partial charge in [0.05, 0.1) is 35.8 Å². The zero-order chi connectivity index (χ0) is 27.7. The summed E-state index contributed by atoms with van der Waals surface area (Å²) in [6, 6.07) is 17.5. The van der Waals surface area contributed by atoms with Crippen molar-refractivity contribution >= 4 is 23.4 Å². The number of carbonyl (C=O) groups is 2. The van der Waals surface area contributed by atoms with Gasteiger partial charge in [0, 0.05) is 29.4 Å². The lowest BCUT2D eigenvalue weighted by molar-refractivity contribution is 0.102. The molecular formula is C29H33N5O4. The zero-order valence-electron chi connectivity index (χ0n) is 22.1. The van der Waals surface area contributed by atoms with Gasteiger partial charge in [0.15, 0.2) is 0 Å². The number of likely N-dealkylation sites (N-methyl/N-ethyl adjacent to an activating group) is 1. The number of carbonyl (C=O) groups excluding carboxylic acids is 1. The minimum atomic E-state index is -1.12. The fourth-order valence-electron chi connectivity index (χ4n) is 3.91. The van der Waals surface area contributed by atoms with Gasteiger partial charge in [0.2, 0.25) is 0 Å². The van der Waals surface area contributed by atoms with Crippen LogP contribution in [-0.4, -0.2) is 47.3 Å². The van der Waals surface area contributed by atoms with Crippen molar-refractivity contribution in [2.24, 2.45) is 0 Å². The number of hydrogen-bond acceptors (Lipinski definition) is 6. The van der Waals surface area contributed by atoms with Crippen molar-refractivity contribution in [3.05, 3.63) is 77.5 Å². The molecule has 0 unspecified atom stereocenters. The van der Waals surface area contributed by atoms with Crippen LogP contribution < -0.4 is 15.5 Å². The molecule has 3 N–H and O–H groups in total. The Kier molecular flexibility index (Phi) is 9.55. The molecule has 0 saturated carbocycles. The number of nitriles is 1. The second-order valence-electron chi connectivity index (χ2n) is 9.60. The van der Waals surface area contributed by atoms with E-state index in [9.17, 15) is 20.0 Å². The summed E-state index contributed by atoms with van der Waals surface area (Å²) in [5, 5.41) is 25.5. The van der Waals surface area contributed by atoms with Gasteiger partial charge in [0.25, 0.3) is 5.91 Å². The SMILES string of the molecule is CCNCCOCc1cnc(-c2ccc(C(=O)Nc3ccccc3N(C(=O)O)C(C)(C)C)cc2)c(C#N)c1. The van der Waals surface area contributed by atoms with Gasteiger partial charge in [-0.2, -0.15) is 5.26 Å². The summed E-state index contributed by atoms with van der Waals surface area (Å²) < 4.78 is 5.62. The summed E-state index contributed by atoms with van der Waals surface area (Å²) in [6.45, 7) is 9.95. The van der Waals surface area contributed by atoms with Gasteiger partial charge in [-0.3, -0.25) is 14.7 Å². The Labute approximate surface area is 223 Å². The molecule has 9 nitrogen and oxygen atoms in total.